The summed E-state index contributed by atoms with van der Waals surface area (Å²) >= 11 is 0. The smallest absolute Gasteiger partial charge is 0.165 e. The van der Waals surface area contributed by atoms with Crippen LogP contribution < -0.4 is 10.1 Å². The van der Waals surface area contributed by atoms with Gasteiger partial charge in [-0.3, -0.25) is 0 Å². The second kappa shape index (κ2) is 6.87. The third kappa shape index (κ3) is 3.91. The average molecular weight is 267 g/mol. The molecule has 1 aliphatic rings. The SMILES string of the molecule is COc1cc(C(C)NCCC2CCOC2)ccc1F. The van der Waals surface area contributed by atoms with Crippen molar-refractivity contribution in [3.63, 3.8) is 0 Å². The number of halogens is 1. The van der Waals surface area contributed by atoms with Crippen molar-refractivity contribution in [2.45, 2.75) is 25.8 Å². The van der Waals surface area contributed by atoms with Gasteiger partial charge in [-0.15, -0.1) is 0 Å². The highest BCUT2D eigenvalue weighted by molar-refractivity contribution is 5.31. The van der Waals surface area contributed by atoms with Crippen molar-refractivity contribution in [2.24, 2.45) is 5.92 Å². The molecule has 1 aromatic rings. The Balaban J connectivity index is 1.83. The molecule has 4 heteroatoms. The van der Waals surface area contributed by atoms with Crippen LogP contribution in [0.5, 0.6) is 5.75 Å². The van der Waals surface area contributed by atoms with Crippen molar-refractivity contribution in [3.8, 4) is 5.75 Å². The van der Waals surface area contributed by atoms with Gasteiger partial charge in [0.05, 0.1) is 7.11 Å². The molecule has 1 fully saturated rings. The van der Waals surface area contributed by atoms with Crippen LogP contribution in [0, 0.1) is 11.7 Å². The molecule has 0 saturated carbocycles. The van der Waals surface area contributed by atoms with E-state index in [1.54, 1.807) is 12.1 Å². The number of ether oxygens (including phenoxy) is 2. The summed E-state index contributed by atoms with van der Waals surface area (Å²) in [5.74, 6) is 0.666. The Kier molecular flexibility index (Phi) is 5.16. The molecule has 0 amide bonds. The quantitative estimate of drug-likeness (QED) is 0.859. The van der Waals surface area contributed by atoms with Crippen molar-refractivity contribution in [2.75, 3.05) is 26.9 Å². The molecule has 1 saturated heterocycles. The molecule has 0 aliphatic carbocycles. The van der Waals surface area contributed by atoms with Crippen LogP contribution in [-0.2, 0) is 4.74 Å². The van der Waals surface area contributed by atoms with Crippen molar-refractivity contribution in [3.05, 3.63) is 29.6 Å². The first kappa shape index (κ1) is 14.3. The van der Waals surface area contributed by atoms with E-state index < -0.39 is 0 Å². The number of benzene rings is 1. The van der Waals surface area contributed by atoms with Crippen LogP contribution in [0.3, 0.4) is 0 Å². The van der Waals surface area contributed by atoms with Gasteiger partial charge in [0.1, 0.15) is 0 Å². The summed E-state index contributed by atoms with van der Waals surface area (Å²) in [4.78, 5) is 0. The van der Waals surface area contributed by atoms with E-state index in [1.807, 2.05) is 0 Å². The first-order valence-electron chi connectivity index (χ1n) is 6.85. The zero-order valence-electron chi connectivity index (χ0n) is 11.6. The highest BCUT2D eigenvalue weighted by atomic mass is 19.1. The van der Waals surface area contributed by atoms with Crippen molar-refractivity contribution in [1.82, 2.24) is 5.32 Å². The minimum absolute atomic E-state index is 0.192. The Labute approximate surface area is 114 Å². The number of nitrogens with one attached hydrogen (secondary N) is 1. The summed E-state index contributed by atoms with van der Waals surface area (Å²) in [7, 11) is 1.49. The van der Waals surface area contributed by atoms with Gasteiger partial charge in [-0.1, -0.05) is 6.07 Å². The topological polar surface area (TPSA) is 30.5 Å². The number of methoxy groups -OCH3 is 1. The summed E-state index contributed by atoms with van der Waals surface area (Å²) in [5, 5.41) is 3.46. The van der Waals surface area contributed by atoms with Crippen LogP contribution in [-0.4, -0.2) is 26.9 Å². The fourth-order valence-corrected chi connectivity index (χ4v) is 2.38. The standard InChI is InChI=1S/C15H22FNO2/c1-11(17-7-5-12-6-8-19-10-12)13-3-4-14(16)15(9-13)18-2/h3-4,9,11-12,17H,5-8,10H2,1-2H3. The van der Waals surface area contributed by atoms with Crippen LogP contribution in [0.25, 0.3) is 0 Å². The maximum atomic E-state index is 13.3. The van der Waals surface area contributed by atoms with Crippen LogP contribution in [0.2, 0.25) is 0 Å². The highest BCUT2D eigenvalue weighted by Crippen LogP contribution is 2.23. The lowest BCUT2D eigenvalue weighted by Crippen LogP contribution is -2.22. The molecule has 1 heterocycles. The monoisotopic (exact) mass is 267 g/mol. The van der Waals surface area contributed by atoms with Gasteiger partial charge in [0.15, 0.2) is 11.6 Å². The second-order valence-corrected chi connectivity index (χ2v) is 5.09. The lowest BCUT2D eigenvalue weighted by atomic mass is 10.0. The Morgan fingerprint density at radius 2 is 2.37 bits per heavy atom. The van der Waals surface area contributed by atoms with E-state index in [4.69, 9.17) is 9.47 Å². The van der Waals surface area contributed by atoms with E-state index in [-0.39, 0.29) is 11.9 Å². The Morgan fingerprint density at radius 1 is 1.53 bits per heavy atom. The number of hydrogen-bond acceptors (Lipinski definition) is 3. The molecule has 1 N–H and O–H groups in total. The first-order valence-corrected chi connectivity index (χ1v) is 6.85. The largest absolute Gasteiger partial charge is 0.494 e. The van der Waals surface area contributed by atoms with E-state index in [0.29, 0.717) is 11.7 Å². The molecular weight excluding hydrogens is 245 g/mol. The van der Waals surface area contributed by atoms with Gasteiger partial charge in [-0.25, -0.2) is 4.39 Å². The van der Waals surface area contributed by atoms with Crippen LogP contribution in [0.15, 0.2) is 18.2 Å². The van der Waals surface area contributed by atoms with E-state index in [9.17, 15) is 4.39 Å². The Morgan fingerprint density at radius 3 is 3.05 bits per heavy atom. The lowest BCUT2D eigenvalue weighted by molar-refractivity contribution is 0.184. The zero-order chi connectivity index (χ0) is 13.7. The van der Waals surface area contributed by atoms with Gasteiger partial charge in [-0.05, 0) is 49.9 Å². The third-order valence-corrected chi connectivity index (χ3v) is 3.70. The van der Waals surface area contributed by atoms with Crippen LogP contribution in [0.4, 0.5) is 4.39 Å². The predicted molar refractivity (Wildman–Crippen MR) is 72.9 cm³/mol. The third-order valence-electron chi connectivity index (χ3n) is 3.70. The van der Waals surface area contributed by atoms with Crippen LogP contribution in [0.1, 0.15) is 31.4 Å². The first-order chi connectivity index (χ1) is 9.20. The minimum atomic E-state index is -0.318. The molecule has 3 nitrogen and oxygen atoms in total. The van der Waals surface area contributed by atoms with E-state index in [1.165, 1.54) is 19.6 Å². The van der Waals surface area contributed by atoms with E-state index in [0.717, 1.165) is 31.7 Å². The number of hydrogen-bond donors (Lipinski definition) is 1. The van der Waals surface area contributed by atoms with Gasteiger partial charge in [0.2, 0.25) is 0 Å². The van der Waals surface area contributed by atoms with Crippen molar-refractivity contribution >= 4 is 0 Å². The molecule has 0 radical (unpaired) electrons. The van der Waals surface area contributed by atoms with Crippen LogP contribution >= 0.6 is 0 Å². The zero-order valence-corrected chi connectivity index (χ0v) is 11.6. The maximum Gasteiger partial charge on any atom is 0.165 e. The molecule has 2 unspecified atom stereocenters. The summed E-state index contributed by atoms with van der Waals surface area (Å²) < 4.78 is 23.7. The molecule has 19 heavy (non-hydrogen) atoms. The van der Waals surface area contributed by atoms with Crippen molar-refractivity contribution in [1.29, 1.82) is 0 Å². The Hall–Kier alpha value is -1.13. The molecule has 1 aromatic carbocycles. The average Bonchev–Trinajstić information content (AvgIpc) is 2.92. The van der Waals surface area contributed by atoms with Gasteiger partial charge >= 0.3 is 0 Å². The lowest BCUT2D eigenvalue weighted by Gasteiger charge is -2.16. The summed E-state index contributed by atoms with van der Waals surface area (Å²) in [5.41, 5.74) is 1.04. The fourth-order valence-electron chi connectivity index (χ4n) is 2.38. The molecule has 0 aromatic heterocycles. The second-order valence-electron chi connectivity index (χ2n) is 5.09. The molecule has 0 spiro atoms. The predicted octanol–water partition coefficient (Wildman–Crippen LogP) is 2.91. The summed E-state index contributed by atoms with van der Waals surface area (Å²) in [6.45, 7) is 4.82. The van der Waals surface area contributed by atoms with E-state index in [2.05, 4.69) is 12.2 Å². The maximum absolute atomic E-state index is 13.3. The minimum Gasteiger partial charge on any atom is -0.494 e. The molecule has 106 valence electrons. The molecule has 0 bridgehead atoms. The van der Waals surface area contributed by atoms with E-state index >= 15 is 0 Å². The van der Waals surface area contributed by atoms with Gasteiger partial charge < -0.3 is 14.8 Å². The van der Waals surface area contributed by atoms with Gasteiger partial charge in [0, 0.05) is 19.3 Å². The van der Waals surface area contributed by atoms with Crippen molar-refractivity contribution < 1.29 is 13.9 Å². The fraction of sp³-hybridized carbons (Fsp3) is 0.600. The molecule has 2 rings (SSSR count). The Bertz CT molecular complexity index is 405. The summed E-state index contributed by atoms with van der Waals surface area (Å²) in [6.07, 6.45) is 2.29. The number of rotatable bonds is 6. The molecule has 1 aliphatic heterocycles. The molecule has 2 atom stereocenters. The van der Waals surface area contributed by atoms with Gasteiger partial charge in [-0.2, -0.15) is 0 Å². The molecular formula is C15H22FNO2. The van der Waals surface area contributed by atoms with Gasteiger partial charge in [0.25, 0.3) is 0 Å². The summed E-state index contributed by atoms with van der Waals surface area (Å²) in [6, 6.07) is 5.20. The normalized spacial score (nSPS) is 20.5. The highest BCUT2D eigenvalue weighted by Gasteiger charge is 2.15.